The summed E-state index contributed by atoms with van der Waals surface area (Å²) in [6.07, 6.45) is 6.63. The van der Waals surface area contributed by atoms with Crippen molar-refractivity contribution < 1.29 is 0 Å². The number of aromatic nitrogens is 2. The summed E-state index contributed by atoms with van der Waals surface area (Å²) in [5, 5.41) is 1.37. The van der Waals surface area contributed by atoms with Crippen LogP contribution >= 0.6 is 11.8 Å². The van der Waals surface area contributed by atoms with Crippen molar-refractivity contribution in [1.29, 1.82) is 0 Å². The maximum Gasteiger partial charge on any atom is 0.266 e. The molecule has 0 spiro atoms. The lowest BCUT2D eigenvalue weighted by molar-refractivity contribution is 0.821. The van der Waals surface area contributed by atoms with Gasteiger partial charge in [-0.15, -0.1) is 0 Å². The summed E-state index contributed by atoms with van der Waals surface area (Å²) in [5.41, 5.74) is 4.28. The van der Waals surface area contributed by atoms with Gasteiger partial charge in [0.1, 0.15) is 0 Å². The molecule has 0 aliphatic rings. The van der Waals surface area contributed by atoms with Crippen LogP contribution in [0, 0.1) is 0 Å². The third-order valence-electron chi connectivity index (χ3n) is 4.49. The van der Waals surface area contributed by atoms with Crippen molar-refractivity contribution >= 4 is 22.7 Å². The number of fused-ring (bicyclic) bond motifs is 1. The molecule has 0 radical (unpaired) electrons. The van der Waals surface area contributed by atoms with Crippen LogP contribution in [-0.4, -0.2) is 15.3 Å². The molecule has 0 saturated heterocycles. The van der Waals surface area contributed by atoms with Gasteiger partial charge in [0.25, 0.3) is 5.56 Å². The zero-order valence-electron chi connectivity index (χ0n) is 16.7. The van der Waals surface area contributed by atoms with E-state index in [0.717, 1.165) is 35.0 Å². The van der Waals surface area contributed by atoms with E-state index in [1.54, 1.807) is 16.3 Å². The van der Waals surface area contributed by atoms with Crippen LogP contribution in [0.5, 0.6) is 0 Å². The second-order valence-electron chi connectivity index (χ2n) is 7.07. The maximum atomic E-state index is 13.1. The molecule has 0 fully saturated rings. The van der Waals surface area contributed by atoms with Gasteiger partial charge in [-0.2, -0.15) is 0 Å². The van der Waals surface area contributed by atoms with Crippen LogP contribution in [0.2, 0.25) is 0 Å². The standard InChI is InChI=1S/C24H26N2OS/c1-18(2)10-9-11-19(3)16-17-28-24-25-22-15-8-7-14-21(22)23(27)26(24)20-12-5-4-6-13-20/h4-8,10,12-16H,9,11,17H2,1-3H3. The summed E-state index contributed by atoms with van der Waals surface area (Å²) < 4.78 is 1.72. The SMILES string of the molecule is CC(C)=CCCC(C)=CCSc1nc2ccccc2c(=O)n1-c1ccccc1. The van der Waals surface area contributed by atoms with Crippen molar-refractivity contribution in [2.24, 2.45) is 0 Å². The lowest BCUT2D eigenvalue weighted by Gasteiger charge is -2.12. The monoisotopic (exact) mass is 390 g/mol. The van der Waals surface area contributed by atoms with Gasteiger partial charge in [-0.3, -0.25) is 9.36 Å². The number of benzene rings is 2. The summed E-state index contributed by atoms with van der Waals surface area (Å²) in [7, 11) is 0. The highest BCUT2D eigenvalue weighted by molar-refractivity contribution is 7.99. The molecule has 0 saturated carbocycles. The third kappa shape index (κ3) is 5.02. The van der Waals surface area contributed by atoms with E-state index in [-0.39, 0.29) is 5.56 Å². The summed E-state index contributed by atoms with van der Waals surface area (Å²) in [5.74, 6) is 0.790. The predicted octanol–water partition coefficient (Wildman–Crippen LogP) is 6.17. The average molecular weight is 391 g/mol. The molecular weight excluding hydrogens is 364 g/mol. The summed E-state index contributed by atoms with van der Waals surface area (Å²) in [6, 6.07) is 17.3. The number of thioether (sulfide) groups is 1. The topological polar surface area (TPSA) is 34.9 Å². The first kappa shape index (κ1) is 20.2. The Kier molecular flexibility index (Phi) is 6.88. The first-order valence-corrected chi connectivity index (χ1v) is 10.5. The quantitative estimate of drug-likeness (QED) is 0.275. The van der Waals surface area contributed by atoms with Crippen LogP contribution in [0.4, 0.5) is 0 Å². The molecule has 0 amide bonds. The molecule has 0 N–H and O–H groups in total. The minimum atomic E-state index is -0.0245. The van der Waals surface area contributed by atoms with Gasteiger partial charge in [0.05, 0.1) is 16.6 Å². The van der Waals surface area contributed by atoms with Gasteiger partial charge < -0.3 is 0 Å². The van der Waals surface area contributed by atoms with Gasteiger partial charge in [0.2, 0.25) is 0 Å². The average Bonchev–Trinajstić information content (AvgIpc) is 2.68. The number of hydrogen-bond donors (Lipinski definition) is 0. The summed E-state index contributed by atoms with van der Waals surface area (Å²) >= 11 is 1.60. The van der Waals surface area contributed by atoms with Crippen LogP contribution < -0.4 is 5.56 Å². The van der Waals surface area contributed by atoms with Crippen LogP contribution in [0.1, 0.15) is 33.6 Å². The Morgan fingerprint density at radius 1 is 1.00 bits per heavy atom. The van der Waals surface area contributed by atoms with E-state index >= 15 is 0 Å². The highest BCUT2D eigenvalue weighted by Crippen LogP contribution is 2.22. The Hall–Kier alpha value is -2.59. The normalized spacial score (nSPS) is 11.6. The van der Waals surface area contributed by atoms with Gasteiger partial charge in [0, 0.05) is 5.75 Å². The molecule has 1 heterocycles. The van der Waals surface area contributed by atoms with Crippen molar-refractivity contribution in [2.45, 2.75) is 38.8 Å². The smallest absolute Gasteiger partial charge is 0.266 e. The Balaban J connectivity index is 1.90. The van der Waals surface area contributed by atoms with Crippen molar-refractivity contribution in [3.05, 3.63) is 88.2 Å². The van der Waals surface area contributed by atoms with E-state index in [2.05, 4.69) is 32.9 Å². The molecule has 0 aliphatic heterocycles. The van der Waals surface area contributed by atoms with Gasteiger partial charge in [-0.1, -0.05) is 65.4 Å². The van der Waals surface area contributed by atoms with Crippen molar-refractivity contribution in [2.75, 3.05) is 5.75 Å². The highest BCUT2D eigenvalue weighted by Gasteiger charge is 2.12. The first-order valence-electron chi connectivity index (χ1n) is 9.55. The molecule has 0 bridgehead atoms. The van der Waals surface area contributed by atoms with Crippen molar-refractivity contribution in [3.8, 4) is 5.69 Å². The molecule has 4 heteroatoms. The van der Waals surface area contributed by atoms with Crippen LogP contribution in [0.15, 0.2) is 87.8 Å². The third-order valence-corrected chi connectivity index (χ3v) is 5.36. The van der Waals surface area contributed by atoms with E-state index in [1.165, 1.54) is 11.1 Å². The first-order chi connectivity index (χ1) is 13.6. The molecule has 2 aromatic carbocycles. The number of nitrogens with zero attached hydrogens (tertiary/aromatic N) is 2. The Morgan fingerprint density at radius 2 is 1.71 bits per heavy atom. The van der Waals surface area contributed by atoms with E-state index < -0.39 is 0 Å². The lowest BCUT2D eigenvalue weighted by atomic mass is 10.1. The fraction of sp³-hybridized carbons (Fsp3) is 0.250. The fourth-order valence-corrected chi connectivity index (χ4v) is 3.96. The maximum absolute atomic E-state index is 13.1. The van der Waals surface area contributed by atoms with Crippen LogP contribution in [-0.2, 0) is 0 Å². The molecule has 28 heavy (non-hydrogen) atoms. The lowest BCUT2D eigenvalue weighted by Crippen LogP contribution is -2.21. The number of rotatable bonds is 7. The van der Waals surface area contributed by atoms with Crippen molar-refractivity contribution in [1.82, 2.24) is 9.55 Å². The number of allylic oxidation sites excluding steroid dienone is 3. The molecule has 3 aromatic rings. The summed E-state index contributed by atoms with van der Waals surface area (Å²) in [4.78, 5) is 17.9. The molecule has 0 aliphatic carbocycles. The van der Waals surface area contributed by atoms with E-state index in [4.69, 9.17) is 4.98 Å². The minimum Gasteiger partial charge on any atom is -0.268 e. The van der Waals surface area contributed by atoms with Crippen LogP contribution in [0.3, 0.4) is 0 Å². The molecule has 3 rings (SSSR count). The highest BCUT2D eigenvalue weighted by atomic mass is 32.2. The van der Waals surface area contributed by atoms with Crippen LogP contribution in [0.25, 0.3) is 16.6 Å². The number of para-hydroxylation sites is 2. The fourth-order valence-electron chi connectivity index (χ4n) is 2.96. The number of hydrogen-bond acceptors (Lipinski definition) is 3. The minimum absolute atomic E-state index is 0.0245. The Morgan fingerprint density at radius 3 is 2.46 bits per heavy atom. The predicted molar refractivity (Wildman–Crippen MR) is 120 cm³/mol. The second-order valence-corrected chi connectivity index (χ2v) is 8.06. The molecular formula is C24H26N2OS. The van der Waals surface area contributed by atoms with E-state index in [0.29, 0.717) is 5.39 Å². The summed E-state index contributed by atoms with van der Waals surface area (Å²) in [6.45, 7) is 6.42. The molecule has 1 aromatic heterocycles. The molecule has 3 nitrogen and oxygen atoms in total. The second kappa shape index (κ2) is 9.56. The van der Waals surface area contributed by atoms with Gasteiger partial charge in [0.15, 0.2) is 5.16 Å². The zero-order chi connectivity index (χ0) is 19.9. The van der Waals surface area contributed by atoms with Gasteiger partial charge in [-0.25, -0.2) is 4.98 Å². The Bertz CT molecular complexity index is 1060. The van der Waals surface area contributed by atoms with Crippen molar-refractivity contribution in [3.63, 3.8) is 0 Å². The largest absolute Gasteiger partial charge is 0.268 e. The van der Waals surface area contributed by atoms with Gasteiger partial charge >= 0.3 is 0 Å². The Labute approximate surface area is 170 Å². The van der Waals surface area contributed by atoms with Gasteiger partial charge in [-0.05, 0) is 57.9 Å². The molecule has 144 valence electrons. The molecule has 0 unspecified atom stereocenters. The van der Waals surface area contributed by atoms with E-state index in [9.17, 15) is 4.79 Å². The molecule has 0 atom stereocenters. The zero-order valence-corrected chi connectivity index (χ0v) is 17.5. The van der Waals surface area contributed by atoms with E-state index in [1.807, 2.05) is 54.6 Å².